The molecule has 21 heavy (non-hydrogen) atoms. The molecule has 0 unspecified atom stereocenters. The molecule has 0 radical (unpaired) electrons. The standard InChI is InChI=1S/C15H11F3N2O/c16-10-4-5-15(13(18)8-10)21-7-6-20-14-3-1-2-12(17)11(14)9-19/h1-5,8,20H,6-7H2. The van der Waals surface area contributed by atoms with Crippen molar-refractivity contribution in [2.24, 2.45) is 0 Å². The van der Waals surface area contributed by atoms with Crippen molar-refractivity contribution in [2.45, 2.75) is 0 Å². The summed E-state index contributed by atoms with van der Waals surface area (Å²) in [5, 5.41) is 11.7. The first-order valence-electron chi connectivity index (χ1n) is 6.12. The summed E-state index contributed by atoms with van der Waals surface area (Å²) in [5.74, 6) is -2.17. The quantitative estimate of drug-likeness (QED) is 0.858. The van der Waals surface area contributed by atoms with Gasteiger partial charge in [0.05, 0.1) is 5.69 Å². The highest BCUT2D eigenvalue weighted by Gasteiger charge is 2.07. The Hall–Kier alpha value is -2.68. The van der Waals surface area contributed by atoms with E-state index in [2.05, 4.69) is 5.32 Å². The third-order valence-electron chi connectivity index (χ3n) is 2.69. The van der Waals surface area contributed by atoms with Crippen LogP contribution in [0.25, 0.3) is 0 Å². The van der Waals surface area contributed by atoms with Gasteiger partial charge in [-0.2, -0.15) is 5.26 Å². The molecule has 0 aromatic heterocycles. The molecule has 0 aliphatic rings. The van der Waals surface area contributed by atoms with Crippen molar-refractivity contribution >= 4 is 5.69 Å². The van der Waals surface area contributed by atoms with Crippen molar-refractivity contribution in [2.75, 3.05) is 18.5 Å². The Morgan fingerprint density at radius 1 is 1.10 bits per heavy atom. The van der Waals surface area contributed by atoms with Crippen LogP contribution < -0.4 is 10.1 Å². The summed E-state index contributed by atoms with van der Waals surface area (Å²) in [6.07, 6.45) is 0. The summed E-state index contributed by atoms with van der Waals surface area (Å²) in [6, 6.07) is 8.98. The van der Waals surface area contributed by atoms with Gasteiger partial charge in [0, 0.05) is 12.6 Å². The molecule has 3 nitrogen and oxygen atoms in total. The van der Waals surface area contributed by atoms with Crippen molar-refractivity contribution in [3.8, 4) is 11.8 Å². The summed E-state index contributed by atoms with van der Waals surface area (Å²) in [7, 11) is 0. The van der Waals surface area contributed by atoms with Gasteiger partial charge in [0.25, 0.3) is 0 Å². The van der Waals surface area contributed by atoms with Crippen LogP contribution in [0.4, 0.5) is 18.9 Å². The van der Waals surface area contributed by atoms with E-state index in [1.165, 1.54) is 18.2 Å². The monoisotopic (exact) mass is 292 g/mol. The zero-order valence-electron chi connectivity index (χ0n) is 10.9. The van der Waals surface area contributed by atoms with Crippen LogP contribution in [0.5, 0.6) is 5.75 Å². The van der Waals surface area contributed by atoms with Gasteiger partial charge in [-0.15, -0.1) is 0 Å². The number of nitriles is 1. The molecule has 2 aromatic rings. The highest BCUT2D eigenvalue weighted by molar-refractivity contribution is 5.57. The van der Waals surface area contributed by atoms with Crippen molar-refractivity contribution in [1.82, 2.24) is 0 Å². The lowest BCUT2D eigenvalue weighted by Gasteiger charge is -2.10. The van der Waals surface area contributed by atoms with E-state index in [-0.39, 0.29) is 24.5 Å². The average Bonchev–Trinajstić information content (AvgIpc) is 2.45. The van der Waals surface area contributed by atoms with Gasteiger partial charge >= 0.3 is 0 Å². The number of hydrogen-bond donors (Lipinski definition) is 1. The predicted molar refractivity (Wildman–Crippen MR) is 71.5 cm³/mol. The molecular weight excluding hydrogens is 281 g/mol. The fraction of sp³-hybridized carbons (Fsp3) is 0.133. The second-order valence-corrected chi connectivity index (χ2v) is 4.12. The number of anilines is 1. The van der Waals surface area contributed by atoms with Gasteiger partial charge in [0.15, 0.2) is 11.6 Å². The Balaban J connectivity index is 1.91. The van der Waals surface area contributed by atoms with E-state index in [1.54, 1.807) is 12.1 Å². The third-order valence-corrected chi connectivity index (χ3v) is 2.69. The van der Waals surface area contributed by atoms with Crippen molar-refractivity contribution in [3.05, 3.63) is 59.4 Å². The lowest BCUT2D eigenvalue weighted by Crippen LogP contribution is -2.13. The summed E-state index contributed by atoms with van der Waals surface area (Å²) in [6.45, 7) is 0.304. The molecule has 0 aliphatic carbocycles. The maximum absolute atomic E-state index is 13.3. The van der Waals surface area contributed by atoms with Crippen LogP contribution in [-0.2, 0) is 0 Å². The number of rotatable bonds is 5. The van der Waals surface area contributed by atoms with Gasteiger partial charge in [0.2, 0.25) is 0 Å². The molecule has 0 saturated heterocycles. The first-order chi connectivity index (χ1) is 10.1. The molecule has 2 rings (SSSR count). The molecule has 2 aromatic carbocycles. The number of benzene rings is 2. The molecular formula is C15H11F3N2O. The first kappa shape index (κ1) is 14.7. The molecule has 6 heteroatoms. The molecule has 0 atom stereocenters. The van der Waals surface area contributed by atoms with Crippen LogP contribution in [0.15, 0.2) is 36.4 Å². The minimum absolute atomic E-state index is 0.0713. The van der Waals surface area contributed by atoms with Gasteiger partial charge in [-0.1, -0.05) is 6.07 Å². The highest BCUT2D eigenvalue weighted by Crippen LogP contribution is 2.19. The van der Waals surface area contributed by atoms with E-state index in [0.29, 0.717) is 5.69 Å². The predicted octanol–water partition coefficient (Wildman–Crippen LogP) is 3.47. The van der Waals surface area contributed by atoms with Crippen molar-refractivity contribution in [3.63, 3.8) is 0 Å². The fourth-order valence-electron chi connectivity index (χ4n) is 1.72. The largest absolute Gasteiger partial charge is 0.489 e. The number of hydrogen-bond acceptors (Lipinski definition) is 3. The minimum atomic E-state index is -0.793. The minimum Gasteiger partial charge on any atom is -0.489 e. The number of nitrogens with zero attached hydrogens (tertiary/aromatic N) is 1. The zero-order chi connectivity index (χ0) is 15.2. The Morgan fingerprint density at radius 2 is 1.90 bits per heavy atom. The van der Waals surface area contributed by atoms with Gasteiger partial charge in [-0.25, -0.2) is 13.2 Å². The van der Waals surface area contributed by atoms with Crippen LogP contribution in [0.3, 0.4) is 0 Å². The summed E-state index contributed by atoms with van der Waals surface area (Å²) < 4.78 is 44.5. The Kier molecular flexibility index (Phi) is 4.67. The molecule has 0 heterocycles. The van der Waals surface area contributed by atoms with Crippen LogP contribution in [-0.4, -0.2) is 13.2 Å². The molecule has 108 valence electrons. The van der Waals surface area contributed by atoms with Crippen LogP contribution in [0, 0.1) is 28.8 Å². The summed E-state index contributed by atoms with van der Waals surface area (Å²) in [4.78, 5) is 0. The lowest BCUT2D eigenvalue weighted by molar-refractivity contribution is 0.314. The van der Waals surface area contributed by atoms with Gasteiger partial charge < -0.3 is 10.1 Å². The fourth-order valence-corrected chi connectivity index (χ4v) is 1.72. The van der Waals surface area contributed by atoms with Crippen molar-refractivity contribution < 1.29 is 17.9 Å². The van der Waals surface area contributed by atoms with E-state index >= 15 is 0 Å². The average molecular weight is 292 g/mol. The zero-order valence-corrected chi connectivity index (χ0v) is 10.9. The number of ether oxygens (including phenoxy) is 1. The Bertz CT molecular complexity index is 683. The first-order valence-corrected chi connectivity index (χ1v) is 6.12. The summed E-state index contributed by atoms with van der Waals surface area (Å²) in [5.41, 5.74) is 0.242. The molecule has 0 fully saturated rings. The third kappa shape index (κ3) is 3.66. The van der Waals surface area contributed by atoms with Gasteiger partial charge in [0.1, 0.15) is 29.9 Å². The topological polar surface area (TPSA) is 45.0 Å². The smallest absolute Gasteiger partial charge is 0.167 e. The van der Waals surface area contributed by atoms with E-state index in [1.807, 2.05) is 0 Å². The van der Waals surface area contributed by atoms with Gasteiger partial charge in [-0.3, -0.25) is 0 Å². The second-order valence-electron chi connectivity index (χ2n) is 4.12. The highest BCUT2D eigenvalue weighted by atomic mass is 19.1. The van der Waals surface area contributed by atoms with E-state index in [9.17, 15) is 13.2 Å². The maximum Gasteiger partial charge on any atom is 0.167 e. The Morgan fingerprint density at radius 3 is 2.62 bits per heavy atom. The van der Waals surface area contributed by atoms with E-state index < -0.39 is 17.5 Å². The van der Waals surface area contributed by atoms with E-state index in [4.69, 9.17) is 10.00 Å². The number of nitrogens with one attached hydrogen (secondary N) is 1. The second kappa shape index (κ2) is 6.66. The van der Waals surface area contributed by atoms with E-state index in [0.717, 1.165) is 12.1 Å². The molecule has 1 N–H and O–H groups in total. The maximum atomic E-state index is 13.3. The number of halogens is 3. The molecule has 0 aliphatic heterocycles. The Labute approximate surface area is 119 Å². The molecule has 0 bridgehead atoms. The normalized spacial score (nSPS) is 10.0. The van der Waals surface area contributed by atoms with Crippen LogP contribution in [0.1, 0.15) is 5.56 Å². The van der Waals surface area contributed by atoms with Gasteiger partial charge in [-0.05, 0) is 24.3 Å². The molecule has 0 saturated carbocycles. The SMILES string of the molecule is N#Cc1c(F)cccc1NCCOc1ccc(F)cc1F. The van der Waals surface area contributed by atoms with Crippen LogP contribution in [0.2, 0.25) is 0 Å². The van der Waals surface area contributed by atoms with Crippen molar-refractivity contribution in [1.29, 1.82) is 5.26 Å². The summed E-state index contributed by atoms with van der Waals surface area (Å²) >= 11 is 0. The molecule has 0 amide bonds. The van der Waals surface area contributed by atoms with Crippen LogP contribution >= 0.6 is 0 Å². The lowest BCUT2D eigenvalue weighted by atomic mass is 10.2. The molecule has 0 spiro atoms.